The Labute approximate surface area is 132 Å². The van der Waals surface area contributed by atoms with E-state index in [1.165, 1.54) is 21.7 Å². The number of sulfonamides is 1. The van der Waals surface area contributed by atoms with Crippen LogP contribution in [0.5, 0.6) is 0 Å². The average Bonchev–Trinajstić information content (AvgIpc) is 3.11. The highest BCUT2D eigenvalue weighted by Crippen LogP contribution is 2.23. The number of imidazole rings is 1. The number of aromatic nitrogens is 2. The molecule has 2 aromatic rings. The number of rotatable bonds is 4. The van der Waals surface area contributed by atoms with Crippen LogP contribution in [0.1, 0.15) is 4.88 Å². The molecule has 1 N–H and O–H groups in total. The molecule has 0 unspecified atom stereocenters. The number of aromatic amines is 1. The summed E-state index contributed by atoms with van der Waals surface area (Å²) in [5.41, 5.74) is 0. The van der Waals surface area contributed by atoms with Gasteiger partial charge in [-0.2, -0.15) is 4.31 Å². The van der Waals surface area contributed by atoms with E-state index in [1.54, 1.807) is 11.3 Å². The lowest BCUT2D eigenvalue weighted by Gasteiger charge is -2.33. The summed E-state index contributed by atoms with van der Waals surface area (Å²) in [5, 5.41) is 0.154. The molecule has 3 rings (SSSR count). The second-order valence-electron chi connectivity index (χ2n) is 4.80. The zero-order valence-corrected chi connectivity index (χ0v) is 13.6. The normalized spacial score (nSPS) is 18.1. The molecule has 1 aliphatic rings. The minimum Gasteiger partial charge on any atom is -0.335 e. The van der Waals surface area contributed by atoms with Gasteiger partial charge in [-0.15, -0.1) is 11.3 Å². The number of hydrogen-bond donors (Lipinski definition) is 1. The van der Waals surface area contributed by atoms with Gasteiger partial charge in [0.25, 0.3) is 10.0 Å². The molecular formula is C12H15ClN4O2S2. The zero-order valence-electron chi connectivity index (χ0n) is 11.2. The van der Waals surface area contributed by atoms with E-state index < -0.39 is 10.0 Å². The minimum atomic E-state index is -3.44. The lowest BCUT2D eigenvalue weighted by molar-refractivity contribution is 0.182. The van der Waals surface area contributed by atoms with Crippen molar-refractivity contribution in [2.45, 2.75) is 11.6 Å². The van der Waals surface area contributed by atoms with E-state index in [0.29, 0.717) is 26.2 Å². The molecule has 9 heteroatoms. The Kier molecular flexibility index (Phi) is 4.32. The van der Waals surface area contributed by atoms with Gasteiger partial charge in [-0.25, -0.2) is 13.4 Å². The highest BCUT2D eigenvalue weighted by atomic mass is 35.5. The average molecular weight is 347 g/mol. The Hall–Kier alpha value is -0.930. The van der Waals surface area contributed by atoms with Crippen molar-refractivity contribution in [1.29, 1.82) is 0 Å². The van der Waals surface area contributed by atoms with Crippen LogP contribution >= 0.6 is 22.9 Å². The van der Waals surface area contributed by atoms with E-state index >= 15 is 0 Å². The standard InChI is InChI=1S/C12H15ClN4O2S2/c13-11-2-1-10(20-11)8-16-3-5-17(6-4-16)21(18,19)12-7-14-9-15-12/h1-2,7,9H,3-6,8H2,(H,14,15). The molecule has 0 aliphatic carbocycles. The van der Waals surface area contributed by atoms with Crippen LogP contribution in [0.2, 0.25) is 4.34 Å². The van der Waals surface area contributed by atoms with E-state index in [-0.39, 0.29) is 5.03 Å². The predicted octanol–water partition coefficient (Wildman–Crippen LogP) is 1.63. The third-order valence-corrected chi connectivity index (χ3v) is 6.47. The first-order chi connectivity index (χ1) is 10.1. The maximum atomic E-state index is 12.3. The Morgan fingerprint density at radius 3 is 2.62 bits per heavy atom. The van der Waals surface area contributed by atoms with Crippen LogP contribution in [0.4, 0.5) is 0 Å². The molecule has 1 aliphatic heterocycles. The van der Waals surface area contributed by atoms with Crippen LogP contribution in [0.3, 0.4) is 0 Å². The number of halogens is 1. The monoisotopic (exact) mass is 346 g/mol. The number of thiophene rings is 1. The molecule has 3 heterocycles. The molecule has 6 nitrogen and oxygen atoms in total. The van der Waals surface area contributed by atoms with Crippen LogP contribution in [-0.2, 0) is 16.6 Å². The van der Waals surface area contributed by atoms with Crippen molar-refractivity contribution in [2.24, 2.45) is 0 Å². The molecule has 21 heavy (non-hydrogen) atoms. The Balaban J connectivity index is 1.60. The third kappa shape index (κ3) is 3.29. The van der Waals surface area contributed by atoms with Crippen LogP contribution in [0, 0.1) is 0 Å². The van der Waals surface area contributed by atoms with Gasteiger partial charge in [-0.05, 0) is 12.1 Å². The van der Waals surface area contributed by atoms with E-state index in [4.69, 9.17) is 11.6 Å². The largest absolute Gasteiger partial charge is 0.335 e. The fourth-order valence-corrected chi connectivity index (χ4v) is 4.76. The molecule has 0 radical (unpaired) electrons. The molecule has 0 bridgehead atoms. The minimum absolute atomic E-state index is 0.154. The predicted molar refractivity (Wildman–Crippen MR) is 82.0 cm³/mol. The van der Waals surface area contributed by atoms with Gasteiger partial charge >= 0.3 is 0 Å². The number of piperazine rings is 1. The summed E-state index contributed by atoms with van der Waals surface area (Å²) < 4.78 is 27.0. The molecule has 114 valence electrons. The number of H-pyrrole nitrogens is 1. The summed E-state index contributed by atoms with van der Waals surface area (Å²) in [6.45, 7) is 3.21. The van der Waals surface area contributed by atoms with Gasteiger partial charge in [0.1, 0.15) is 0 Å². The third-order valence-electron chi connectivity index (χ3n) is 3.43. The number of nitrogens with one attached hydrogen (secondary N) is 1. The number of hydrogen-bond acceptors (Lipinski definition) is 5. The van der Waals surface area contributed by atoms with Crippen LogP contribution < -0.4 is 0 Å². The van der Waals surface area contributed by atoms with E-state index in [2.05, 4.69) is 14.9 Å². The van der Waals surface area contributed by atoms with Crippen molar-refractivity contribution in [3.05, 3.63) is 33.9 Å². The summed E-state index contributed by atoms with van der Waals surface area (Å²) in [6, 6.07) is 3.90. The van der Waals surface area contributed by atoms with Crippen molar-refractivity contribution in [3.63, 3.8) is 0 Å². The van der Waals surface area contributed by atoms with Crippen LogP contribution in [0.25, 0.3) is 0 Å². The Bertz CT molecular complexity index is 691. The number of nitrogens with zero attached hydrogens (tertiary/aromatic N) is 3. The first-order valence-electron chi connectivity index (χ1n) is 6.51. The maximum absolute atomic E-state index is 12.3. The summed E-state index contributed by atoms with van der Waals surface area (Å²) in [5.74, 6) is 0. The van der Waals surface area contributed by atoms with Crippen molar-refractivity contribution < 1.29 is 8.42 Å². The first-order valence-corrected chi connectivity index (χ1v) is 9.14. The smallest absolute Gasteiger partial charge is 0.260 e. The second-order valence-corrected chi connectivity index (χ2v) is 8.51. The van der Waals surface area contributed by atoms with E-state index in [1.807, 2.05) is 12.1 Å². The fourth-order valence-electron chi connectivity index (χ4n) is 2.31. The molecule has 1 fully saturated rings. The van der Waals surface area contributed by atoms with Gasteiger partial charge in [0.05, 0.1) is 16.9 Å². The van der Waals surface area contributed by atoms with Crippen molar-refractivity contribution in [2.75, 3.05) is 26.2 Å². The van der Waals surface area contributed by atoms with Gasteiger partial charge in [0.15, 0.2) is 5.03 Å². The molecule has 0 saturated carbocycles. The molecule has 0 amide bonds. The SMILES string of the molecule is O=S(=O)(c1cnc[nH]1)N1CCN(Cc2ccc(Cl)s2)CC1. The summed E-state index contributed by atoms with van der Waals surface area (Å²) in [4.78, 5) is 9.87. The van der Waals surface area contributed by atoms with E-state index in [0.717, 1.165) is 10.9 Å². The molecule has 0 atom stereocenters. The highest BCUT2D eigenvalue weighted by molar-refractivity contribution is 7.89. The fraction of sp³-hybridized carbons (Fsp3) is 0.417. The lowest BCUT2D eigenvalue weighted by atomic mass is 10.3. The first kappa shape index (κ1) is 15.0. The van der Waals surface area contributed by atoms with E-state index in [9.17, 15) is 8.42 Å². The second kappa shape index (κ2) is 6.05. The lowest BCUT2D eigenvalue weighted by Crippen LogP contribution is -2.48. The molecule has 0 spiro atoms. The van der Waals surface area contributed by atoms with Crippen molar-refractivity contribution in [3.8, 4) is 0 Å². The van der Waals surface area contributed by atoms with Gasteiger partial charge in [0.2, 0.25) is 0 Å². The van der Waals surface area contributed by atoms with Crippen molar-refractivity contribution in [1.82, 2.24) is 19.2 Å². The summed E-state index contributed by atoms with van der Waals surface area (Å²) in [7, 11) is -3.44. The van der Waals surface area contributed by atoms with Gasteiger partial charge in [-0.3, -0.25) is 4.90 Å². The van der Waals surface area contributed by atoms with Gasteiger partial charge < -0.3 is 4.98 Å². The molecule has 2 aromatic heterocycles. The molecule has 0 aromatic carbocycles. The van der Waals surface area contributed by atoms with Gasteiger partial charge in [-0.1, -0.05) is 11.6 Å². The van der Waals surface area contributed by atoms with Crippen LogP contribution in [0.15, 0.2) is 29.7 Å². The molecular weight excluding hydrogens is 332 g/mol. The maximum Gasteiger partial charge on any atom is 0.260 e. The van der Waals surface area contributed by atoms with Crippen molar-refractivity contribution >= 4 is 33.0 Å². The summed E-state index contributed by atoms with van der Waals surface area (Å²) >= 11 is 7.49. The Morgan fingerprint density at radius 2 is 2.05 bits per heavy atom. The quantitative estimate of drug-likeness (QED) is 0.913. The van der Waals surface area contributed by atoms with Gasteiger partial charge in [0, 0.05) is 37.6 Å². The Morgan fingerprint density at radius 1 is 1.29 bits per heavy atom. The molecule has 1 saturated heterocycles. The summed E-state index contributed by atoms with van der Waals surface area (Å²) in [6.07, 6.45) is 2.72. The highest BCUT2D eigenvalue weighted by Gasteiger charge is 2.29. The van der Waals surface area contributed by atoms with Crippen LogP contribution in [-0.4, -0.2) is 53.8 Å². The topological polar surface area (TPSA) is 69.3 Å². The zero-order chi connectivity index (χ0) is 14.9.